The number of anilines is 1. The number of benzene rings is 2. The van der Waals surface area contributed by atoms with E-state index in [2.05, 4.69) is 14.2 Å². The van der Waals surface area contributed by atoms with E-state index >= 15 is 0 Å². The second kappa shape index (κ2) is 12.4. The Morgan fingerprint density at radius 1 is 0.960 bits per heavy atom. The summed E-state index contributed by atoms with van der Waals surface area (Å²) in [5.41, 5.74) is 1.76. The van der Waals surface area contributed by atoms with Crippen LogP contribution in [0.3, 0.4) is 0 Å². The molecule has 20 heteroatoms. The molecule has 0 saturated heterocycles. The van der Waals surface area contributed by atoms with Crippen molar-refractivity contribution in [3.8, 4) is 28.5 Å². The third-order valence-corrected chi connectivity index (χ3v) is 10.4. The van der Waals surface area contributed by atoms with Crippen molar-refractivity contribution in [3.05, 3.63) is 54.4 Å². The Morgan fingerprint density at radius 2 is 1.58 bits per heavy atom. The summed E-state index contributed by atoms with van der Waals surface area (Å²) in [6, 6.07) is 6.67. The van der Waals surface area contributed by atoms with Crippen molar-refractivity contribution in [1.29, 1.82) is 0 Å². The smallest absolute Gasteiger partial charge is 0.455 e. The molecule has 0 amide bonds. The number of furan rings is 1. The SMILES string of the molecule is CC(C)CCN(c1cc2oc(-c3ccc(OS(=O)(=O)C(F)(F)C(F)(F)C(F)(F)C(F)(F)F)cc3)c(-c3ncc[nH]3)c2cc1C1CC1)S(C)(=O)=O. The van der Waals surface area contributed by atoms with Crippen LogP contribution >= 0.6 is 0 Å². The van der Waals surface area contributed by atoms with Gasteiger partial charge in [-0.3, -0.25) is 4.31 Å². The number of aromatic nitrogens is 2. The molecule has 2 aromatic carbocycles. The largest absolute Gasteiger partial charge is 0.460 e. The van der Waals surface area contributed by atoms with Gasteiger partial charge in [0, 0.05) is 36.0 Å². The average Bonchev–Trinajstić information content (AvgIpc) is 3.56. The van der Waals surface area contributed by atoms with Gasteiger partial charge >= 0.3 is 33.4 Å². The molecule has 2 aromatic heterocycles. The number of imidazole rings is 1. The molecule has 0 bridgehead atoms. The molecule has 2 heterocycles. The number of sulfonamides is 1. The molecule has 1 N–H and O–H groups in total. The molecule has 9 nitrogen and oxygen atoms in total. The van der Waals surface area contributed by atoms with Crippen LogP contribution in [-0.4, -0.2) is 62.9 Å². The molecule has 1 fully saturated rings. The molecule has 5 rings (SSSR count). The van der Waals surface area contributed by atoms with Crippen molar-refractivity contribution in [2.75, 3.05) is 17.1 Å². The van der Waals surface area contributed by atoms with Crippen molar-refractivity contribution in [1.82, 2.24) is 9.97 Å². The molecular weight excluding hydrogens is 733 g/mol. The van der Waals surface area contributed by atoms with E-state index in [0.717, 1.165) is 36.8 Å². The maximum atomic E-state index is 14.2. The first-order valence-electron chi connectivity index (χ1n) is 14.7. The fourth-order valence-corrected chi connectivity index (χ4v) is 6.99. The van der Waals surface area contributed by atoms with Gasteiger partial charge in [0.05, 0.1) is 17.5 Å². The number of H-pyrrole nitrogens is 1. The Balaban J connectivity index is 1.57. The van der Waals surface area contributed by atoms with E-state index in [4.69, 9.17) is 4.42 Å². The Labute approximate surface area is 279 Å². The Kier molecular flexibility index (Phi) is 9.24. The molecular formula is C30H28F9N3O6S2. The Morgan fingerprint density at radius 3 is 2.08 bits per heavy atom. The van der Waals surface area contributed by atoms with Gasteiger partial charge in [0.2, 0.25) is 10.0 Å². The first kappa shape index (κ1) is 37.3. The minimum absolute atomic E-state index is 0.0398. The zero-order chi connectivity index (χ0) is 37.2. The predicted octanol–water partition coefficient (Wildman–Crippen LogP) is 8.31. The Bertz CT molecular complexity index is 2090. The third-order valence-electron chi connectivity index (χ3n) is 7.92. The van der Waals surface area contributed by atoms with Crippen LogP contribution in [0.4, 0.5) is 45.2 Å². The van der Waals surface area contributed by atoms with E-state index in [-0.39, 0.29) is 41.1 Å². The fourth-order valence-electron chi connectivity index (χ4n) is 5.13. The van der Waals surface area contributed by atoms with E-state index in [1.165, 1.54) is 16.7 Å². The number of fused-ring (bicyclic) bond motifs is 1. The van der Waals surface area contributed by atoms with Gasteiger partial charge < -0.3 is 13.6 Å². The van der Waals surface area contributed by atoms with Crippen LogP contribution in [0, 0.1) is 5.92 Å². The molecule has 0 unspecified atom stereocenters. The maximum absolute atomic E-state index is 14.2. The highest BCUT2D eigenvalue weighted by Crippen LogP contribution is 2.55. The van der Waals surface area contributed by atoms with Crippen molar-refractivity contribution in [2.45, 2.75) is 62.3 Å². The summed E-state index contributed by atoms with van der Waals surface area (Å²) in [6.45, 7) is 4.07. The highest BCUT2D eigenvalue weighted by molar-refractivity contribution is 7.92. The van der Waals surface area contributed by atoms with Crippen LogP contribution in [0.15, 0.2) is 53.2 Å². The van der Waals surface area contributed by atoms with E-state index in [9.17, 15) is 56.3 Å². The standard InChI is InChI=1S/C30H28F9N3O6S2/c1-16(2)10-13-42(49(3,43)44)22-15-23-21(14-20(22)17-4-5-17)24(26-40-11-12-41-26)25(47-23)18-6-8-19(9-7-18)48-50(45,46)30(38,39)28(33,34)27(31,32)29(35,36)37/h6-9,11-12,14-17H,4-5,10,13H2,1-3H3,(H,40,41). The lowest BCUT2D eigenvalue weighted by Gasteiger charge is -2.32. The van der Waals surface area contributed by atoms with Gasteiger partial charge in [-0.05, 0) is 67.0 Å². The summed E-state index contributed by atoms with van der Waals surface area (Å²) in [5.74, 6) is -15.5. The lowest BCUT2D eigenvalue weighted by atomic mass is 10.00. The van der Waals surface area contributed by atoms with Crippen molar-refractivity contribution in [3.63, 3.8) is 0 Å². The summed E-state index contributed by atoms with van der Waals surface area (Å²) in [6.07, 6.45) is -1.09. The van der Waals surface area contributed by atoms with Gasteiger partial charge in [0.1, 0.15) is 22.9 Å². The zero-order valence-electron chi connectivity index (χ0n) is 26.2. The number of hydrogen-bond donors (Lipinski definition) is 1. The average molecular weight is 762 g/mol. The van der Waals surface area contributed by atoms with Gasteiger partial charge in [-0.2, -0.15) is 47.9 Å². The van der Waals surface area contributed by atoms with Gasteiger partial charge in [-0.25, -0.2) is 13.4 Å². The number of alkyl halides is 9. The number of nitrogens with zero attached hydrogens (tertiary/aromatic N) is 2. The summed E-state index contributed by atoms with van der Waals surface area (Å²) >= 11 is 0. The van der Waals surface area contributed by atoms with Gasteiger partial charge in [-0.15, -0.1) is 0 Å². The molecule has 0 spiro atoms. The quantitative estimate of drug-likeness (QED) is 0.107. The predicted molar refractivity (Wildman–Crippen MR) is 163 cm³/mol. The highest BCUT2D eigenvalue weighted by Gasteiger charge is 2.86. The van der Waals surface area contributed by atoms with Crippen LogP contribution in [-0.2, 0) is 20.1 Å². The molecule has 50 heavy (non-hydrogen) atoms. The second-order valence-electron chi connectivity index (χ2n) is 12.2. The third kappa shape index (κ3) is 6.51. The number of aromatic amines is 1. The van der Waals surface area contributed by atoms with Crippen molar-refractivity contribution < 1.29 is 64.9 Å². The first-order chi connectivity index (χ1) is 22.9. The monoisotopic (exact) mass is 761 g/mol. The zero-order valence-corrected chi connectivity index (χ0v) is 27.8. The Hall–Kier alpha value is -3.94. The van der Waals surface area contributed by atoms with Crippen LogP contribution in [0.25, 0.3) is 33.7 Å². The van der Waals surface area contributed by atoms with E-state index < -0.39 is 49.2 Å². The molecule has 274 valence electrons. The van der Waals surface area contributed by atoms with Crippen LogP contribution < -0.4 is 8.49 Å². The van der Waals surface area contributed by atoms with Crippen molar-refractivity contribution in [2.24, 2.45) is 5.92 Å². The summed E-state index contributed by atoms with van der Waals surface area (Å²) < 4.78 is 181. The summed E-state index contributed by atoms with van der Waals surface area (Å²) in [5, 5.41) is -6.55. The van der Waals surface area contributed by atoms with Crippen molar-refractivity contribution >= 4 is 36.8 Å². The molecule has 0 aliphatic heterocycles. The van der Waals surface area contributed by atoms with E-state index in [1.54, 1.807) is 12.1 Å². The first-order valence-corrected chi connectivity index (χ1v) is 18.0. The number of hydrogen-bond acceptors (Lipinski definition) is 7. The van der Waals surface area contributed by atoms with Gasteiger partial charge in [-0.1, -0.05) is 13.8 Å². The lowest BCUT2D eigenvalue weighted by Crippen LogP contribution is -2.63. The van der Waals surface area contributed by atoms with Crippen LogP contribution in [0.1, 0.15) is 44.6 Å². The summed E-state index contributed by atoms with van der Waals surface area (Å²) in [7, 11) is -10.9. The minimum Gasteiger partial charge on any atom is -0.455 e. The minimum atomic E-state index is -7.46. The van der Waals surface area contributed by atoms with Gasteiger partial charge in [0.15, 0.2) is 0 Å². The highest BCUT2D eigenvalue weighted by atomic mass is 32.2. The second-order valence-corrected chi connectivity index (χ2v) is 15.7. The number of nitrogens with one attached hydrogen (secondary N) is 1. The molecule has 4 aromatic rings. The lowest BCUT2D eigenvalue weighted by molar-refractivity contribution is -0.382. The molecule has 0 atom stereocenters. The van der Waals surface area contributed by atoms with Crippen LogP contribution in [0.5, 0.6) is 5.75 Å². The topological polar surface area (TPSA) is 123 Å². The molecule has 1 saturated carbocycles. The number of rotatable bonds is 13. The molecule has 1 aliphatic rings. The molecule has 1 aliphatic carbocycles. The van der Waals surface area contributed by atoms with E-state index in [0.29, 0.717) is 35.2 Å². The maximum Gasteiger partial charge on any atom is 0.460 e. The summed E-state index contributed by atoms with van der Waals surface area (Å²) in [4.78, 5) is 7.18. The molecule has 0 radical (unpaired) electrons. The fraction of sp³-hybridized carbons (Fsp3) is 0.433. The van der Waals surface area contributed by atoms with E-state index in [1.807, 2.05) is 13.8 Å². The number of halogens is 9. The van der Waals surface area contributed by atoms with Gasteiger partial charge in [0.25, 0.3) is 0 Å². The normalized spacial score (nSPS) is 15.2. The van der Waals surface area contributed by atoms with Crippen LogP contribution in [0.2, 0.25) is 0 Å².